The highest BCUT2D eigenvalue weighted by Gasteiger charge is 2.29. The second-order valence-electron chi connectivity index (χ2n) is 7.58. The lowest BCUT2D eigenvalue weighted by Gasteiger charge is -2.36. The van der Waals surface area contributed by atoms with E-state index in [1.807, 2.05) is 30.3 Å². The monoisotopic (exact) mass is 413 g/mol. The van der Waals surface area contributed by atoms with Crippen molar-refractivity contribution in [1.29, 1.82) is 0 Å². The van der Waals surface area contributed by atoms with Gasteiger partial charge in [0.05, 0.1) is 33.1 Å². The summed E-state index contributed by atoms with van der Waals surface area (Å²) in [6.07, 6.45) is 3.77. The van der Waals surface area contributed by atoms with Gasteiger partial charge in [0.2, 0.25) is 11.7 Å². The predicted octanol–water partition coefficient (Wildman–Crippen LogP) is 3.20. The van der Waals surface area contributed by atoms with E-state index in [4.69, 9.17) is 14.2 Å². The predicted molar refractivity (Wildman–Crippen MR) is 115 cm³/mol. The minimum absolute atomic E-state index is 0.0227. The zero-order valence-electron chi connectivity index (χ0n) is 18.2. The molecule has 0 aliphatic carbocycles. The Bertz CT molecular complexity index is 811. The van der Waals surface area contributed by atoms with Gasteiger partial charge in [-0.15, -0.1) is 0 Å². The number of hydrogen-bond acceptors (Lipinski definition) is 6. The Morgan fingerprint density at radius 2 is 1.80 bits per heavy atom. The molecule has 162 valence electrons. The van der Waals surface area contributed by atoms with Gasteiger partial charge in [-0.05, 0) is 61.7 Å². The first-order valence-electron chi connectivity index (χ1n) is 10.2. The maximum absolute atomic E-state index is 11.8. The van der Waals surface area contributed by atoms with Crippen LogP contribution in [-0.4, -0.2) is 50.2 Å². The average molecular weight is 414 g/mol. The van der Waals surface area contributed by atoms with Gasteiger partial charge in [0, 0.05) is 19.7 Å². The van der Waals surface area contributed by atoms with E-state index in [-0.39, 0.29) is 11.9 Å². The van der Waals surface area contributed by atoms with Crippen LogP contribution in [0.1, 0.15) is 37.1 Å². The maximum Gasteiger partial charge on any atom is 0.217 e. The molecule has 0 spiro atoms. The third kappa shape index (κ3) is 5.21. The molecular weight excluding hydrogens is 382 g/mol. The number of nitrogens with one attached hydrogen (secondary N) is 1. The van der Waals surface area contributed by atoms with Crippen molar-refractivity contribution in [2.75, 3.05) is 34.4 Å². The molecule has 0 unspecified atom stereocenters. The molecule has 7 heteroatoms. The van der Waals surface area contributed by atoms with E-state index >= 15 is 0 Å². The van der Waals surface area contributed by atoms with Gasteiger partial charge in [-0.3, -0.25) is 14.7 Å². The fraction of sp³-hybridized carbons (Fsp3) is 0.478. The van der Waals surface area contributed by atoms with Gasteiger partial charge in [-0.25, -0.2) is 0 Å². The van der Waals surface area contributed by atoms with Crippen LogP contribution in [0.15, 0.2) is 36.5 Å². The Hall–Kier alpha value is -2.80. The van der Waals surface area contributed by atoms with E-state index in [9.17, 15) is 4.79 Å². The van der Waals surface area contributed by atoms with Gasteiger partial charge < -0.3 is 19.5 Å². The third-order valence-electron chi connectivity index (χ3n) is 5.60. The Morgan fingerprint density at radius 3 is 2.30 bits per heavy atom. The molecule has 1 N–H and O–H groups in total. The van der Waals surface area contributed by atoms with Crippen molar-refractivity contribution in [3.8, 4) is 17.2 Å². The van der Waals surface area contributed by atoms with Crippen LogP contribution in [0.3, 0.4) is 0 Å². The lowest BCUT2D eigenvalue weighted by atomic mass is 9.87. The van der Waals surface area contributed by atoms with Crippen molar-refractivity contribution < 1.29 is 19.0 Å². The van der Waals surface area contributed by atoms with Gasteiger partial charge in [0.1, 0.15) is 0 Å². The summed E-state index contributed by atoms with van der Waals surface area (Å²) in [6, 6.07) is 9.81. The van der Waals surface area contributed by atoms with Crippen molar-refractivity contribution in [2.24, 2.45) is 5.92 Å². The summed E-state index contributed by atoms with van der Waals surface area (Å²) in [6.45, 7) is 4.27. The number of likely N-dealkylation sites (tertiary alicyclic amines) is 1. The van der Waals surface area contributed by atoms with E-state index in [1.54, 1.807) is 34.4 Å². The number of carbonyl (C=O) groups is 1. The van der Waals surface area contributed by atoms with Crippen LogP contribution in [0.2, 0.25) is 0 Å². The summed E-state index contributed by atoms with van der Waals surface area (Å²) in [5.41, 5.74) is 2.04. The van der Waals surface area contributed by atoms with Crippen LogP contribution in [-0.2, 0) is 11.3 Å². The van der Waals surface area contributed by atoms with Gasteiger partial charge in [-0.2, -0.15) is 0 Å². The number of hydrogen-bond donors (Lipinski definition) is 1. The summed E-state index contributed by atoms with van der Waals surface area (Å²) >= 11 is 0. The summed E-state index contributed by atoms with van der Waals surface area (Å²) in [7, 11) is 4.87. The number of pyridine rings is 1. The van der Waals surface area contributed by atoms with Crippen molar-refractivity contribution in [3.05, 3.63) is 47.8 Å². The van der Waals surface area contributed by atoms with E-state index < -0.39 is 0 Å². The number of ether oxygens (including phenoxy) is 3. The molecule has 1 aliphatic rings. The van der Waals surface area contributed by atoms with Crippen molar-refractivity contribution >= 4 is 5.91 Å². The molecule has 1 amide bonds. The van der Waals surface area contributed by atoms with Gasteiger partial charge in [0.25, 0.3) is 0 Å². The number of rotatable bonds is 8. The molecule has 2 aromatic rings. The summed E-state index contributed by atoms with van der Waals surface area (Å²) in [5.74, 6) is 2.28. The van der Waals surface area contributed by atoms with E-state index in [0.717, 1.165) is 43.7 Å². The fourth-order valence-electron chi connectivity index (χ4n) is 4.14. The standard InChI is InChI=1S/C23H31N3O4/c1-16(27)25-22(19-7-5-6-10-24-19)18-8-11-26(12-9-18)15-17-13-20(28-2)23(30-4)21(14-17)29-3/h5-7,10,13-14,18,22H,8-9,11-12,15H2,1-4H3,(H,25,27)/t22-/m1/s1. The summed E-state index contributed by atoms with van der Waals surface area (Å²) < 4.78 is 16.4. The van der Waals surface area contributed by atoms with E-state index in [1.165, 1.54) is 0 Å². The minimum atomic E-state index is -0.0491. The molecular formula is C23H31N3O4. The molecule has 7 nitrogen and oxygen atoms in total. The molecule has 0 bridgehead atoms. The fourth-order valence-corrected chi connectivity index (χ4v) is 4.14. The minimum Gasteiger partial charge on any atom is -0.493 e. The average Bonchev–Trinajstić information content (AvgIpc) is 2.77. The van der Waals surface area contributed by atoms with Crippen molar-refractivity contribution in [3.63, 3.8) is 0 Å². The van der Waals surface area contributed by atoms with E-state index in [2.05, 4.69) is 15.2 Å². The highest BCUT2D eigenvalue weighted by atomic mass is 16.5. The summed E-state index contributed by atoms with van der Waals surface area (Å²) in [4.78, 5) is 18.7. The van der Waals surface area contributed by atoms with Crippen LogP contribution in [0, 0.1) is 5.92 Å². The Kier molecular flexibility index (Phi) is 7.52. The number of benzene rings is 1. The second-order valence-corrected chi connectivity index (χ2v) is 7.58. The van der Waals surface area contributed by atoms with Crippen LogP contribution < -0.4 is 19.5 Å². The molecule has 1 aromatic heterocycles. The molecule has 1 saturated heterocycles. The highest BCUT2D eigenvalue weighted by Crippen LogP contribution is 2.39. The van der Waals surface area contributed by atoms with Crippen LogP contribution in [0.25, 0.3) is 0 Å². The quantitative estimate of drug-likeness (QED) is 0.717. The SMILES string of the molecule is COc1cc(CN2CCC([C@@H](NC(C)=O)c3ccccn3)CC2)cc(OC)c1OC. The maximum atomic E-state index is 11.8. The van der Waals surface area contributed by atoms with Crippen LogP contribution in [0.5, 0.6) is 17.2 Å². The first-order chi connectivity index (χ1) is 14.5. The largest absolute Gasteiger partial charge is 0.493 e. The van der Waals surface area contributed by atoms with Crippen LogP contribution >= 0.6 is 0 Å². The number of aromatic nitrogens is 1. The Morgan fingerprint density at radius 1 is 1.13 bits per heavy atom. The van der Waals surface area contributed by atoms with Crippen LogP contribution in [0.4, 0.5) is 0 Å². The van der Waals surface area contributed by atoms with Gasteiger partial charge in [-0.1, -0.05) is 6.07 Å². The smallest absolute Gasteiger partial charge is 0.217 e. The number of carbonyl (C=O) groups excluding carboxylic acids is 1. The lowest BCUT2D eigenvalue weighted by Crippen LogP contribution is -2.40. The molecule has 0 radical (unpaired) electrons. The molecule has 1 fully saturated rings. The van der Waals surface area contributed by atoms with Gasteiger partial charge in [0.15, 0.2) is 11.5 Å². The first kappa shape index (κ1) is 21.9. The molecule has 3 rings (SSSR count). The lowest BCUT2D eigenvalue weighted by molar-refractivity contribution is -0.120. The molecule has 2 heterocycles. The van der Waals surface area contributed by atoms with Crippen molar-refractivity contribution in [2.45, 2.75) is 32.4 Å². The number of methoxy groups -OCH3 is 3. The van der Waals surface area contributed by atoms with Crippen molar-refractivity contribution in [1.82, 2.24) is 15.2 Å². The molecule has 30 heavy (non-hydrogen) atoms. The first-order valence-corrected chi connectivity index (χ1v) is 10.2. The summed E-state index contributed by atoms with van der Waals surface area (Å²) in [5, 5.41) is 3.11. The third-order valence-corrected chi connectivity index (χ3v) is 5.60. The Balaban J connectivity index is 1.67. The zero-order valence-corrected chi connectivity index (χ0v) is 18.2. The zero-order chi connectivity index (χ0) is 21.5. The molecule has 1 aromatic carbocycles. The highest BCUT2D eigenvalue weighted by molar-refractivity contribution is 5.73. The number of piperidine rings is 1. The molecule has 1 aliphatic heterocycles. The van der Waals surface area contributed by atoms with Gasteiger partial charge >= 0.3 is 0 Å². The molecule has 1 atom stereocenters. The number of amides is 1. The normalized spacial score (nSPS) is 16.0. The van der Waals surface area contributed by atoms with E-state index in [0.29, 0.717) is 23.2 Å². The number of nitrogens with zero attached hydrogens (tertiary/aromatic N) is 2. The Labute approximate surface area is 178 Å². The molecule has 0 saturated carbocycles. The second kappa shape index (κ2) is 10.3. The topological polar surface area (TPSA) is 72.9 Å².